The number of carbonyl (C=O) groups is 2. The highest BCUT2D eigenvalue weighted by atomic mass is 32.1. The quantitative estimate of drug-likeness (QED) is 0.853. The average molecular weight is 267 g/mol. The normalized spacial score (nSPS) is 13.8. The molecular weight excluding hydrogens is 250 g/mol. The van der Waals surface area contributed by atoms with Crippen LogP contribution in [0.5, 0.6) is 0 Å². The molecule has 1 N–H and O–H groups in total. The van der Waals surface area contributed by atoms with E-state index in [2.05, 4.69) is 0 Å². The van der Waals surface area contributed by atoms with E-state index >= 15 is 0 Å². The second-order valence-corrected chi connectivity index (χ2v) is 5.14. The summed E-state index contributed by atoms with van der Waals surface area (Å²) in [4.78, 5) is 25.6. The van der Waals surface area contributed by atoms with E-state index in [0.29, 0.717) is 0 Å². The van der Waals surface area contributed by atoms with Crippen LogP contribution in [0.4, 0.5) is 0 Å². The standard InChI is InChI=1S/C13H17NO3S/c1-8(9(2)13(16)17)12(15)14(4)10(3)11-6-5-7-18-11/h5-7,10H,1-4H3,(H,16,17). The van der Waals surface area contributed by atoms with E-state index < -0.39 is 5.97 Å². The van der Waals surface area contributed by atoms with Gasteiger partial charge < -0.3 is 10.0 Å². The molecule has 1 atom stereocenters. The van der Waals surface area contributed by atoms with Gasteiger partial charge in [-0.15, -0.1) is 11.3 Å². The first-order valence-corrected chi connectivity index (χ1v) is 6.45. The third-order valence-electron chi connectivity index (χ3n) is 3.06. The molecule has 18 heavy (non-hydrogen) atoms. The van der Waals surface area contributed by atoms with Gasteiger partial charge in [0.1, 0.15) is 0 Å². The van der Waals surface area contributed by atoms with Crippen molar-refractivity contribution < 1.29 is 14.7 Å². The number of carboxylic acid groups (broad SMARTS) is 1. The minimum Gasteiger partial charge on any atom is -0.478 e. The number of carboxylic acids is 1. The summed E-state index contributed by atoms with van der Waals surface area (Å²) < 4.78 is 0. The molecule has 0 bridgehead atoms. The van der Waals surface area contributed by atoms with E-state index in [1.807, 2.05) is 24.4 Å². The van der Waals surface area contributed by atoms with Crippen LogP contribution in [0.1, 0.15) is 31.7 Å². The van der Waals surface area contributed by atoms with Gasteiger partial charge in [0.15, 0.2) is 0 Å². The molecule has 0 aliphatic rings. The Morgan fingerprint density at radius 2 is 1.94 bits per heavy atom. The van der Waals surface area contributed by atoms with E-state index in [4.69, 9.17) is 5.11 Å². The molecule has 0 radical (unpaired) electrons. The Labute approximate surface area is 111 Å². The maximum absolute atomic E-state index is 12.1. The maximum Gasteiger partial charge on any atom is 0.331 e. The molecule has 0 spiro atoms. The molecule has 0 aliphatic carbocycles. The fraction of sp³-hybridized carbons (Fsp3) is 0.385. The lowest BCUT2D eigenvalue weighted by Crippen LogP contribution is -2.30. The minimum atomic E-state index is -1.06. The molecule has 98 valence electrons. The van der Waals surface area contributed by atoms with E-state index in [-0.39, 0.29) is 23.1 Å². The van der Waals surface area contributed by atoms with Crippen LogP contribution in [-0.2, 0) is 9.59 Å². The van der Waals surface area contributed by atoms with Gasteiger partial charge in [0.25, 0.3) is 0 Å². The van der Waals surface area contributed by atoms with Crippen molar-refractivity contribution >= 4 is 23.2 Å². The summed E-state index contributed by atoms with van der Waals surface area (Å²) in [6, 6.07) is 3.83. The van der Waals surface area contributed by atoms with Gasteiger partial charge in [0, 0.05) is 23.1 Å². The molecule has 0 saturated heterocycles. The summed E-state index contributed by atoms with van der Waals surface area (Å²) in [6.45, 7) is 4.91. The van der Waals surface area contributed by atoms with Gasteiger partial charge in [-0.05, 0) is 32.2 Å². The van der Waals surface area contributed by atoms with Gasteiger partial charge >= 0.3 is 5.97 Å². The minimum absolute atomic E-state index is 0.0611. The van der Waals surface area contributed by atoms with Crippen LogP contribution in [0.3, 0.4) is 0 Å². The Kier molecular flexibility index (Phi) is 4.67. The predicted molar refractivity (Wildman–Crippen MR) is 71.5 cm³/mol. The topological polar surface area (TPSA) is 57.6 Å². The lowest BCUT2D eigenvalue weighted by molar-refractivity contribution is -0.134. The molecule has 0 fully saturated rings. The molecule has 1 heterocycles. The second kappa shape index (κ2) is 5.82. The molecular formula is C13H17NO3S. The van der Waals surface area contributed by atoms with Crippen LogP contribution in [0, 0.1) is 0 Å². The number of nitrogens with zero attached hydrogens (tertiary/aromatic N) is 1. The highest BCUT2D eigenvalue weighted by Crippen LogP contribution is 2.24. The first-order chi connectivity index (χ1) is 8.36. The van der Waals surface area contributed by atoms with Crippen LogP contribution in [0.15, 0.2) is 28.7 Å². The number of rotatable bonds is 4. The largest absolute Gasteiger partial charge is 0.478 e. The van der Waals surface area contributed by atoms with Crippen molar-refractivity contribution in [1.29, 1.82) is 0 Å². The summed E-state index contributed by atoms with van der Waals surface area (Å²) >= 11 is 1.58. The van der Waals surface area contributed by atoms with E-state index in [1.54, 1.807) is 30.2 Å². The van der Waals surface area contributed by atoms with Crippen molar-refractivity contribution in [2.24, 2.45) is 0 Å². The van der Waals surface area contributed by atoms with Crippen molar-refractivity contribution in [3.63, 3.8) is 0 Å². The fourth-order valence-electron chi connectivity index (χ4n) is 1.48. The van der Waals surface area contributed by atoms with Gasteiger partial charge in [-0.25, -0.2) is 4.79 Å². The fourth-order valence-corrected chi connectivity index (χ4v) is 2.31. The van der Waals surface area contributed by atoms with E-state index in [9.17, 15) is 9.59 Å². The SMILES string of the molecule is CC(C(=O)O)=C(C)C(=O)N(C)C(C)c1cccs1. The molecule has 0 aromatic carbocycles. The van der Waals surface area contributed by atoms with Crippen LogP contribution in [0.2, 0.25) is 0 Å². The monoisotopic (exact) mass is 267 g/mol. The maximum atomic E-state index is 12.1. The zero-order valence-corrected chi connectivity index (χ0v) is 11.7. The molecule has 4 nitrogen and oxygen atoms in total. The molecule has 1 aromatic heterocycles. The Bertz CT molecular complexity index is 476. The highest BCUT2D eigenvalue weighted by Gasteiger charge is 2.21. The van der Waals surface area contributed by atoms with Gasteiger partial charge in [-0.3, -0.25) is 4.79 Å². The number of aliphatic carboxylic acids is 1. The molecule has 1 aromatic rings. The zero-order valence-electron chi connectivity index (χ0n) is 10.9. The first kappa shape index (κ1) is 14.4. The Hall–Kier alpha value is -1.62. The molecule has 5 heteroatoms. The predicted octanol–water partition coefficient (Wildman–Crippen LogP) is 2.69. The van der Waals surface area contributed by atoms with E-state index in [0.717, 1.165) is 4.88 Å². The van der Waals surface area contributed by atoms with E-state index in [1.165, 1.54) is 6.92 Å². The Morgan fingerprint density at radius 3 is 2.39 bits per heavy atom. The molecule has 0 saturated carbocycles. The Morgan fingerprint density at radius 1 is 1.33 bits per heavy atom. The second-order valence-electron chi connectivity index (χ2n) is 4.16. The third-order valence-corrected chi connectivity index (χ3v) is 4.10. The Balaban J connectivity index is 2.91. The molecule has 1 amide bonds. The van der Waals surface area contributed by atoms with Crippen molar-refractivity contribution in [2.45, 2.75) is 26.8 Å². The van der Waals surface area contributed by atoms with Crippen molar-refractivity contribution in [3.05, 3.63) is 33.5 Å². The summed E-state index contributed by atoms with van der Waals surface area (Å²) in [5, 5.41) is 10.8. The average Bonchev–Trinajstić information content (AvgIpc) is 2.87. The van der Waals surface area contributed by atoms with Crippen LogP contribution in [0.25, 0.3) is 0 Å². The highest BCUT2D eigenvalue weighted by molar-refractivity contribution is 7.10. The van der Waals surface area contributed by atoms with Gasteiger partial charge in [-0.2, -0.15) is 0 Å². The summed E-state index contributed by atoms with van der Waals surface area (Å²) in [6.07, 6.45) is 0. The van der Waals surface area contributed by atoms with Gasteiger partial charge in [0.2, 0.25) is 5.91 Å². The molecule has 1 unspecified atom stereocenters. The van der Waals surface area contributed by atoms with Crippen molar-refractivity contribution in [2.75, 3.05) is 7.05 Å². The number of thiophene rings is 1. The lowest BCUT2D eigenvalue weighted by atomic mass is 10.1. The smallest absolute Gasteiger partial charge is 0.331 e. The molecule has 1 rings (SSSR count). The zero-order chi connectivity index (χ0) is 13.9. The van der Waals surface area contributed by atoms with Crippen LogP contribution < -0.4 is 0 Å². The number of carbonyl (C=O) groups excluding carboxylic acids is 1. The first-order valence-electron chi connectivity index (χ1n) is 5.57. The van der Waals surface area contributed by atoms with Crippen molar-refractivity contribution in [1.82, 2.24) is 4.90 Å². The summed E-state index contributed by atoms with van der Waals surface area (Å²) in [7, 11) is 1.69. The number of hydrogen-bond acceptors (Lipinski definition) is 3. The van der Waals surface area contributed by atoms with Gasteiger partial charge in [0.05, 0.1) is 6.04 Å². The number of amides is 1. The number of hydrogen-bond donors (Lipinski definition) is 1. The lowest BCUT2D eigenvalue weighted by Gasteiger charge is -2.24. The molecule has 0 aliphatic heterocycles. The van der Waals surface area contributed by atoms with Crippen LogP contribution in [-0.4, -0.2) is 28.9 Å². The summed E-state index contributed by atoms with van der Waals surface area (Å²) in [5.41, 5.74) is 0.360. The van der Waals surface area contributed by atoms with Gasteiger partial charge in [-0.1, -0.05) is 6.07 Å². The van der Waals surface area contributed by atoms with Crippen molar-refractivity contribution in [3.8, 4) is 0 Å². The number of likely N-dealkylation sites (N-methyl/N-ethyl adjacent to an activating group) is 1. The van der Waals surface area contributed by atoms with Crippen LogP contribution >= 0.6 is 11.3 Å². The summed E-state index contributed by atoms with van der Waals surface area (Å²) in [5.74, 6) is -1.31. The third kappa shape index (κ3) is 2.98.